The minimum atomic E-state index is 0.368. The lowest BCUT2D eigenvalue weighted by atomic mass is 10.2. The van der Waals surface area contributed by atoms with Gasteiger partial charge in [0.1, 0.15) is 12.4 Å². The first-order valence-electron chi connectivity index (χ1n) is 6.11. The summed E-state index contributed by atoms with van der Waals surface area (Å²) in [5.41, 5.74) is 1.95. The maximum atomic E-state index is 5.66. The first-order chi connectivity index (χ1) is 9.31. The van der Waals surface area contributed by atoms with E-state index in [1.54, 1.807) is 7.11 Å². The molecule has 1 aromatic carbocycles. The Morgan fingerprint density at radius 1 is 1.26 bits per heavy atom. The molecule has 1 N–H and O–H groups in total. The van der Waals surface area contributed by atoms with E-state index in [1.165, 1.54) is 0 Å². The molecule has 0 saturated heterocycles. The van der Waals surface area contributed by atoms with Crippen LogP contribution in [0, 0.1) is 0 Å². The Bertz CT molecular complexity index is 511. The molecule has 0 amide bonds. The van der Waals surface area contributed by atoms with Gasteiger partial charge in [0.25, 0.3) is 0 Å². The summed E-state index contributed by atoms with van der Waals surface area (Å²) in [5.74, 6) is 1.50. The van der Waals surface area contributed by atoms with Crippen LogP contribution in [0.15, 0.2) is 34.9 Å². The SMILES string of the molecule is CNCc1cc(COc2cccc(COC)c2)on1. The molecule has 0 aliphatic rings. The number of aromatic nitrogens is 1. The number of nitrogens with one attached hydrogen (secondary N) is 1. The van der Waals surface area contributed by atoms with E-state index in [1.807, 2.05) is 37.4 Å². The van der Waals surface area contributed by atoms with Gasteiger partial charge in [-0.15, -0.1) is 0 Å². The molecule has 2 aromatic rings. The third kappa shape index (κ3) is 4.08. The van der Waals surface area contributed by atoms with Crippen molar-refractivity contribution in [2.45, 2.75) is 19.8 Å². The van der Waals surface area contributed by atoms with Gasteiger partial charge in [-0.3, -0.25) is 0 Å². The van der Waals surface area contributed by atoms with Crippen molar-refractivity contribution in [1.82, 2.24) is 10.5 Å². The Balaban J connectivity index is 1.91. The predicted molar refractivity (Wildman–Crippen MR) is 70.8 cm³/mol. The molecule has 0 radical (unpaired) electrons. The van der Waals surface area contributed by atoms with E-state index in [2.05, 4.69) is 10.5 Å². The third-order valence-electron chi connectivity index (χ3n) is 2.56. The zero-order valence-corrected chi connectivity index (χ0v) is 11.2. The molecule has 1 aromatic heterocycles. The summed E-state index contributed by atoms with van der Waals surface area (Å²) in [6.45, 7) is 1.63. The molecule has 102 valence electrons. The van der Waals surface area contributed by atoms with Gasteiger partial charge in [-0.1, -0.05) is 17.3 Å². The summed E-state index contributed by atoms with van der Waals surface area (Å²) in [6.07, 6.45) is 0. The minimum absolute atomic E-state index is 0.368. The van der Waals surface area contributed by atoms with Gasteiger partial charge in [-0.2, -0.15) is 0 Å². The molecule has 5 nitrogen and oxygen atoms in total. The number of nitrogens with zero attached hydrogens (tertiary/aromatic N) is 1. The van der Waals surface area contributed by atoms with Gasteiger partial charge in [0.2, 0.25) is 0 Å². The number of ether oxygens (including phenoxy) is 2. The van der Waals surface area contributed by atoms with Crippen molar-refractivity contribution < 1.29 is 14.0 Å². The molecule has 0 spiro atoms. The van der Waals surface area contributed by atoms with Crippen LogP contribution in [-0.2, 0) is 24.5 Å². The highest BCUT2D eigenvalue weighted by molar-refractivity contribution is 5.28. The highest BCUT2D eigenvalue weighted by atomic mass is 16.5. The second-order valence-electron chi connectivity index (χ2n) is 4.18. The molecule has 0 bridgehead atoms. The summed E-state index contributed by atoms with van der Waals surface area (Å²) in [6, 6.07) is 9.68. The minimum Gasteiger partial charge on any atom is -0.486 e. The molecule has 0 aliphatic carbocycles. The molecule has 0 fully saturated rings. The smallest absolute Gasteiger partial charge is 0.174 e. The lowest BCUT2D eigenvalue weighted by Crippen LogP contribution is -2.04. The number of rotatable bonds is 7. The quantitative estimate of drug-likeness (QED) is 0.828. The van der Waals surface area contributed by atoms with Gasteiger partial charge in [0.05, 0.1) is 12.3 Å². The van der Waals surface area contributed by atoms with Gasteiger partial charge in [0, 0.05) is 19.7 Å². The van der Waals surface area contributed by atoms with Crippen LogP contribution in [0.25, 0.3) is 0 Å². The lowest BCUT2D eigenvalue weighted by Gasteiger charge is -2.05. The first kappa shape index (κ1) is 13.6. The average Bonchev–Trinajstić information content (AvgIpc) is 2.86. The largest absolute Gasteiger partial charge is 0.486 e. The Hall–Kier alpha value is -1.85. The molecule has 1 heterocycles. The second kappa shape index (κ2) is 6.92. The molecular formula is C14H18N2O3. The Labute approximate surface area is 112 Å². The highest BCUT2D eigenvalue weighted by Crippen LogP contribution is 2.16. The van der Waals surface area contributed by atoms with Crippen molar-refractivity contribution in [3.63, 3.8) is 0 Å². The lowest BCUT2D eigenvalue weighted by molar-refractivity contribution is 0.184. The monoisotopic (exact) mass is 262 g/mol. The van der Waals surface area contributed by atoms with E-state index in [4.69, 9.17) is 14.0 Å². The number of methoxy groups -OCH3 is 1. The van der Waals surface area contributed by atoms with Gasteiger partial charge >= 0.3 is 0 Å². The van der Waals surface area contributed by atoms with Crippen molar-refractivity contribution in [3.8, 4) is 5.75 Å². The fourth-order valence-electron chi connectivity index (χ4n) is 1.73. The summed E-state index contributed by atoms with van der Waals surface area (Å²) >= 11 is 0. The molecule has 0 atom stereocenters. The summed E-state index contributed by atoms with van der Waals surface area (Å²) in [4.78, 5) is 0. The Morgan fingerprint density at radius 2 is 2.16 bits per heavy atom. The van der Waals surface area contributed by atoms with Crippen LogP contribution in [0.1, 0.15) is 17.0 Å². The van der Waals surface area contributed by atoms with E-state index in [0.29, 0.717) is 25.5 Å². The van der Waals surface area contributed by atoms with E-state index in [9.17, 15) is 0 Å². The van der Waals surface area contributed by atoms with Crippen LogP contribution in [0.5, 0.6) is 5.75 Å². The first-order valence-corrected chi connectivity index (χ1v) is 6.11. The number of hydrogen-bond acceptors (Lipinski definition) is 5. The second-order valence-corrected chi connectivity index (χ2v) is 4.18. The standard InChI is InChI=1S/C14H18N2O3/c1-15-8-12-7-14(19-16-12)10-18-13-5-3-4-11(6-13)9-17-2/h3-7,15H,8-10H2,1-2H3. The van der Waals surface area contributed by atoms with Crippen LogP contribution in [0.3, 0.4) is 0 Å². The van der Waals surface area contributed by atoms with Crippen LogP contribution < -0.4 is 10.1 Å². The zero-order valence-electron chi connectivity index (χ0n) is 11.2. The van der Waals surface area contributed by atoms with Gasteiger partial charge in [-0.25, -0.2) is 0 Å². The number of hydrogen-bond donors (Lipinski definition) is 1. The van der Waals surface area contributed by atoms with Gasteiger partial charge < -0.3 is 19.3 Å². The van der Waals surface area contributed by atoms with Gasteiger partial charge in [0.15, 0.2) is 5.76 Å². The summed E-state index contributed by atoms with van der Waals surface area (Å²) < 4.78 is 15.9. The fraction of sp³-hybridized carbons (Fsp3) is 0.357. The topological polar surface area (TPSA) is 56.5 Å². The summed E-state index contributed by atoms with van der Waals surface area (Å²) in [7, 11) is 3.54. The van der Waals surface area contributed by atoms with Crippen LogP contribution in [0.2, 0.25) is 0 Å². The molecule has 0 saturated carbocycles. The van der Waals surface area contributed by atoms with Crippen molar-refractivity contribution >= 4 is 0 Å². The maximum Gasteiger partial charge on any atom is 0.174 e. The van der Waals surface area contributed by atoms with E-state index < -0.39 is 0 Å². The Morgan fingerprint density at radius 3 is 2.95 bits per heavy atom. The van der Waals surface area contributed by atoms with Crippen LogP contribution in [0.4, 0.5) is 0 Å². The molecular weight excluding hydrogens is 244 g/mol. The molecule has 0 aliphatic heterocycles. The van der Waals surface area contributed by atoms with Crippen LogP contribution in [-0.4, -0.2) is 19.3 Å². The van der Waals surface area contributed by atoms with E-state index in [-0.39, 0.29) is 0 Å². The molecule has 5 heteroatoms. The predicted octanol–water partition coefficient (Wildman–Crippen LogP) is 2.12. The zero-order chi connectivity index (χ0) is 13.5. The molecule has 0 unspecified atom stereocenters. The van der Waals surface area contributed by atoms with E-state index in [0.717, 1.165) is 17.0 Å². The third-order valence-corrected chi connectivity index (χ3v) is 2.56. The molecule has 19 heavy (non-hydrogen) atoms. The van der Waals surface area contributed by atoms with Crippen molar-refractivity contribution in [3.05, 3.63) is 47.3 Å². The normalized spacial score (nSPS) is 10.6. The number of benzene rings is 1. The van der Waals surface area contributed by atoms with E-state index >= 15 is 0 Å². The maximum absolute atomic E-state index is 5.66. The van der Waals surface area contributed by atoms with Crippen molar-refractivity contribution in [2.75, 3.05) is 14.2 Å². The highest BCUT2D eigenvalue weighted by Gasteiger charge is 2.04. The average molecular weight is 262 g/mol. The van der Waals surface area contributed by atoms with Gasteiger partial charge in [-0.05, 0) is 24.7 Å². The molecule has 2 rings (SSSR count). The Kier molecular flexibility index (Phi) is 4.94. The summed E-state index contributed by atoms with van der Waals surface area (Å²) in [5, 5.41) is 6.94. The van der Waals surface area contributed by atoms with Crippen molar-refractivity contribution in [2.24, 2.45) is 0 Å². The van der Waals surface area contributed by atoms with Crippen LogP contribution >= 0.6 is 0 Å². The fourth-order valence-corrected chi connectivity index (χ4v) is 1.73. The van der Waals surface area contributed by atoms with Crippen molar-refractivity contribution in [1.29, 1.82) is 0 Å².